The Balaban J connectivity index is 1.84. The molecule has 2 saturated heterocycles. The number of hydrogen-bond donors (Lipinski definition) is 1. The van der Waals surface area contributed by atoms with E-state index in [1.54, 1.807) is 0 Å². The van der Waals surface area contributed by atoms with Gasteiger partial charge < -0.3 is 5.11 Å². The Labute approximate surface area is 121 Å². The minimum atomic E-state index is -0.647. The summed E-state index contributed by atoms with van der Waals surface area (Å²) in [7, 11) is 0. The van der Waals surface area contributed by atoms with E-state index in [0.717, 1.165) is 13.0 Å². The Bertz CT molecular complexity index is 319. The summed E-state index contributed by atoms with van der Waals surface area (Å²) in [5.41, 5.74) is 0.460. The van der Waals surface area contributed by atoms with Crippen molar-refractivity contribution in [2.24, 2.45) is 11.3 Å². The quantitative estimate of drug-likeness (QED) is 0.861. The van der Waals surface area contributed by atoms with E-state index in [1.165, 1.54) is 37.3 Å². The molecule has 110 valence electrons. The average Bonchev–Trinajstić information content (AvgIpc) is 2.35. The molecule has 0 bridgehead atoms. The van der Waals surface area contributed by atoms with Gasteiger partial charge in [-0.15, -0.1) is 0 Å². The predicted octanol–water partition coefficient (Wildman–Crippen LogP) is 3.09. The van der Waals surface area contributed by atoms with Gasteiger partial charge in [0.15, 0.2) is 0 Å². The molecule has 3 nitrogen and oxygen atoms in total. The predicted molar refractivity (Wildman–Crippen MR) is 80.7 cm³/mol. The van der Waals surface area contributed by atoms with Crippen molar-refractivity contribution in [1.29, 1.82) is 0 Å². The zero-order chi connectivity index (χ0) is 13.9. The summed E-state index contributed by atoms with van der Waals surface area (Å²) in [5, 5.41) is 8.81. The molecular formula is C15H27NO2S. The smallest absolute Gasteiger partial charge is 0.303 e. The van der Waals surface area contributed by atoms with Crippen molar-refractivity contribution >= 4 is 17.7 Å². The van der Waals surface area contributed by atoms with Crippen molar-refractivity contribution < 1.29 is 9.90 Å². The number of nitrogens with zero attached hydrogens (tertiary/aromatic N) is 1. The Kier molecular flexibility index (Phi) is 5.18. The molecule has 1 N–H and O–H groups in total. The summed E-state index contributed by atoms with van der Waals surface area (Å²) in [4.78, 5) is 13.3. The van der Waals surface area contributed by atoms with Gasteiger partial charge in [0.2, 0.25) is 0 Å². The van der Waals surface area contributed by atoms with Crippen LogP contribution in [-0.4, -0.2) is 46.6 Å². The largest absolute Gasteiger partial charge is 0.481 e. The van der Waals surface area contributed by atoms with Gasteiger partial charge in [0, 0.05) is 24.8 Å². The molecule has 4 heteroatoms. The van der Waals surface area contributed by atoms with Gasteiger partial charge in [0.1, 0.15) is 0 Å². The lowest BCUT2D eigenvalue weighted by Gasteiger charge is -2.44. The molecule has 0 saturated carbocycles. The number of carboxylic acids is 1. The highest BCUT2D eigenvalue weighted by molar-refractivity contribution is 7.99. The molecular weight excluding hydrogens is 258 g/mol. The van der Waals surface area contributed by atoms with Crippen LogP contribution in [0.4, 0.5) is 0 Å². The van der Waals surface area contributed by atoms with Crippen LogP contribution in [-0.2, 0) is 4.79 Å². The molecule has 2 heterocycles. The first kappa shape index (κ1) is 15.2. The van der Waals surface area contributed by atoms with Crippen molar-refractivity contribution in [2.75, 3.05) is 24.6 Å². The van der Waals surface area contributed by atoms with Crippen LogP contribution in [0.2, 0.25) is 0 Å². The van der Waals surface area contributed by atoms with E-state index in [4.69, 9.17) is 5.11 Å². The highest BCUT2D eigenvalue weighted by Crippen LogP contribution is 2.37. The maximum atomic E-state index is 10.7. The van der Waals surface area contributed by atoms with Crippen LogP contribution in [0.25, 0.3) is 0 Å². The minimum Gasteiger partial charge on any atom is -0.481 e. The van der Waals surface area contributed by atoms with Gasteiger partial charge in [0.25, 0.3) is 0 Å². The van der Waals surface area contributed by atoms with Crippen LogP contribution in [0.3, 0.4) is 0 Å². The Morgan fingerprint density at radius 2 is 2.26 bits per heavy atom. The monoisotopic (exact) mass is 285 g/mol. The Morgan fingerprint density at radius 3 is 2.95 bits per heavy atom. The standard InChI is InChI=1S/C15H27NO2S/c1-15(2)8-13(10-19-11-15)16-7-3-4-12(9-16)5-6-14(17)18/h12-13H,3-11H2,1-2H3,(H,17,18). The third-order valence-electron chi connectivity index (χ3n) is 4.42. The maximum Gasteiger partial charge on any atom is 0.303 e. The number of carboxylic acid groups (broad SMARTS) is 1. The van der Waals surface area contributed by atoms with Gasteiger partial charge >= 0.3 is 5.97 Å². The Hall–Kier alpha value is -0.220. The lowest BCUT2D eigenvalue weighted by atomic mass is 9.85. The number of aliphatic carboxylic acids is 1. The van der Waals surface area contributed by atoms with Crippen LogP contribution in [0.1, 0.15) is 46.0 Å². The molecule has 2 aliphatic heterocycles. The number of likely N-dealkylation sites (tertiary alicyclic amines) is 1. The summed E-state index contributed by atoms with van der Waals surface area (Å²) in [6, 6.07) is 0.710. The fraction of sp³-hybridized carbons (Fsp3) is 0.933. The second-order valence-corrected chi connectivity index (χ2v) is 8.00. The zero-order valence-electron chi connectivity index (χ0n) is 12.2. The van der Waals surface area contributed by atoms with Crippen LogP contribution < -0.4 is 0 Å². The summed E-state index contributed by atoms with van der Waals surface area (Å²) in [6.07, 6.45) is 4.95. The van der Waals surface area contributed by atoms with E-state index in [-0.39, 0.29) is 0 Å². The van der Waals surface area contributed by atoms with Crippen molar-refractivity contribution in [2.45, 2.75) is 52.0 Å². The van der Waals surface area contributed by atoms with Gasteiger partial charge in [-0.1, -0.05) is 13.8 Å². The molecule has 2 atom stereocenters. The molecule has 2 fully saturated rings. The van der Waals surface area contributed by atoms with E-state index < -0.39 is 5.97 Å². The zero-order valence-corrected chi connectivity index (χ0v) is 13.0. The van der Waals surface area contributed by atoms with Crippen LogP contribution in [0.5, 0.6) is 0 Å². The van der Waals surface area contributed by atoms with E-state index in [1.807, 2.05) is 0 Å². The van der Waals surface area contributed by atoms with Gasteiger partial charge in [-0.2, -0.15) is 11.8 Å². The molecule has 2 rings (SSSR count). The molecule has 2 aliphatic rings. The first-order valence-corrected chi connectivity index (χ1v) is 8.65. The van der Waals surface area contributed by atoms with Gasteiger partial charge in [-0.05, 0) is 49.3 Å². The maximum absolute atomic E-state index is 10.7. The summed E-state index contributed by atoms with van der Waals surface area (Å²) in [5.74, 6) is 2.49. The molecule has 2 unspecified atom stereocenters. The van der Waals surface area contributed by atoms with Crippen LogP contribution >= 0.6 is 11.8 Å². The molecule has 0 aromatic rings. The summed E-state index contributed by atoms with van der Waals surface area (Å²) >= 11 is 2.09. The molecule has 0 radical (unpaired) electrons. The lowest BCUT2D eigenvalue weighted by molar-refractivity contribution is -0.137. The van der Waals surface area contributed by atoms with Crippen molar-refractivity contribution in [3.8, 4) is 0 Å². The Morgan fingerprint density at radius 1 is 1.47 bits per heavy atom. The van der Waals surface area contributed by atoms with Gasteiger partial charge in [0.05, 0.1) is 0 Å². The highest BCUT2D eigenvalue weighted by Gasteiger charge is 2.33. The number of rotatable bonds is 4. The third-order valence-corrected chi connectivity index (χ3v) is 6.03. The molecule has 0 aromatic heterocycles. The first-order chi connectivity index (χ1) is 8.96. The van der Waals surface area contributed by atoms with Crippen molar-refractivity contribution in [3.05, 3.63) is 0 Å². The number of carbonyl (C=O) groups is 1. The number of thioether (sulfide) groups is 1. The van der Waals surface area contributed by atoms with E-state index >= 15 is 0 Å². The number of hydrogen-bond acceptors (Lipinski definition) is 3. The molecule has 0 aromatic carbocycles. The second-order valence-electron chi connectivity index (χ2n) is 6.97. The molecule has 0 amide bonds. The van der Waals surface area contributed by atoms with E-state index in [2.05, 4.69) is 30.5 Å². The lowest BCUT2D eigenvalue weighted by Crippen LogP contribution is -2.48. The van der Waals surface area contributed by atoms with Gasteiger partial charge in [-0.25, -0.2) is 0 Å². The SMILES string of the molecule is CC1(C)CSCC(N2CCCC(CCC(=O)O)C2)C1. The van der Waals surface area contributed by atoms with E-state index in [0.29, 0.717) is 23.8 Å². The highest BCUT2D eigenvalue weighted by atomic mass is 32.2. The number of piperidine rings is 1. The summed E-state index contributed by atoms with van der Waals surface area (Å²) in [6.45, 7) is 7.08. The normalized spacial score (nSPS) is 32.1. The fourth-order valence-electron chi connectivity index (χ4n) is 3.45. The van der Waals surface area contributed by atoms with Crippen LogP contribution in [0.15, 0.2) is 0 Å². The topological polar surface area (TPSA) is 40.5 Å². The first-order valence-electron chi connectivity index (χ1n) is 7.50. The minimum absolute atomic E-state index is 0.337. The summed E-state index contributed by atoms with van der Waals surface area (Å²) < 4.78 is 0. The molecule has 0 aliphatic carbocycles. The van der Waals surface area contributed by atoms with Crippen molar-refractivity contribution in [3.63, 3.8) is 0 Å². The van der Waals surface area contributed by atoms with E-state index in [9.17, 15) is 4.79 Å². The van der Waals surface area contributed by atoms with Crippen molar-refractivity contribution in [1.82, 2.24) is 4.90 Å². The second kappa shape index (κ2) is 6.49. The van der Waals surface area contributed by atoms with Crippen LogP contribution in [0, 0.1) is 11.3 Å². The third kappa shape index (κ3) is 4.67. The fourth-order valence-corrected chi connectivity index (χ4v) is 4.84. The molecule has 19 heavy (non-hydrogen) atoms. The average molecular weight is 285 g/mol. The van der Waals surface area contributed by atoms with Gasteiger partial charge in [-0.3, -0.25) is 9.69 Å². The molecule has 0 spiro atoms.